The average Bonchev–Trinajstić information content (AvgIpc) is 3.23. The molecule has 0 spiro atoms. The van der Waals surface area contributed by atoms with Gasteiger partial charge in [-0.05, 0) is 32.1 Å². The van der Waals surface area contributed by atoms with Crippen molar-refractivity contribution in [3.05, 3.63) is 0 Å². The molecule has 0 aromatic heterocycles. The molecular formula is C13H25ClN2O2S. The summed E-state index contributed by atoms with van der Waals surface area (Å²) in [5, 5.41) is 0. The molecule has 1 unspecified atom stereocenters. The number of unbranched alkanes of at least 4 members (excludes halogenated alkanes) is 1. The highest BCUT2D eigenvalue weighted by atomic mass is 35.5. The van der Waals surface area contributed by atoms with Gasteiger partial charge in [-0.2, -0.15) is 17.0 Å². The van der Waals surface area contributed by atoms with Crippen molar-refractivity contribution in [2.75, 3.05) is 19.0 Å². The fourth-order valence-electron chi connectivity index (χ4n) is 2.73. The molecule has 4 nitrogen and oxygen atoms in total. The number of halogens is 1. The monoisotopic (exact) mass is 308 g/mol. The van der Waals surface area contributed by atoms with Gasteiger partial charge in [-0.3, -0.25) is 0 Å². The van der Waals surface area contributed by atoms with Gasteiger partial charge in [0, 0.05) is 31.1 Å². The Hall–Kier alpha value is 0.160. The smallest absolute Gasteiger partial charge is 0.195 e. The van der Waals surface area contributed by atoms with E-state index in [0.717, 1.165) is 44.9 Å². The second-order valence-corrected chi connectivity index (χ2v) is 7.76. The van der Waals surface area contributed by atoms with Crippen LogP contribution in [0.5, 0.6) is 0 Å². The molecule has 1 atom stereocenters. The summed E-state index contributed by atoms with van der Waals surface area (Å²) in [6, 6.07) is 0.234. The van der Waals surface area contributed by atoms with E-state index in [4.69, 9.17) is 11.6 Å². The van der Waals surface area contributed by atoms with Crippen molar-refractivity contribution < 1.29 is 8.42 Å². The number of rotatable bonds is 7. The van der Waals surface area contributed by atoms with Gasteiger partial charge in [0.1, 0.15) is 0 Å². The van der Waals surface area contributed by atoms with E-state index >= 15 is 0 Å². The van der Waals surface area contributed by atoms with E-state index < -0.39 is 10.2 Å². The molecule has 1 aliphatic carbocycles. The van der Waals surface area contributed by atoms with Crippen molar-refractivity contribution in [1.29, 1.82) is 0 Å². The minimum Gasteiger partial charge on any atom is -0.195 e. The van der Waals surface area contributed by atoms with Crippen LogP contribution in [0.4, 0.5) is 0 Å². The lowest BCUT2D eigenvalue weighted by Gasteiger charge is -2.37. The molecule has 0 bridgehead atoms. The maximum absolute atomic E-state index is 12.8. The largest absolute Gasteiger partial charge is 0.282 e. The standard InChI is InChI=1S/C13H25ClN2O2S/c1-2-3-9-15(12-7-8-12)19(17,18)16-10-5-4-6-13(16)11-14/h12-13H,2-11H2,1H3. The first-order chi connectivity index (χ1) is 9.11. The Balaban J connectivity index is 2.12. The minimum absolute atomic E-state index is 0.0108. The van der Waals surface area contributed by atoms with E-state index in [1.807, 2.05) is 0 Å². The molecule has 19 heavy (non-hydrogen) atoms. The Morgan fingerprint density at radius 3 is 2.58 bits per heavy atom. The van der Waals surface area contributed by atoms with Gasteiger partial charge in [-0.15, -0.1) is 11.6 Å². The average molecular weight is 309 g/mol. The first-order valence-corrected chi connectivity index (χ1v) is 9.39. The summed E-state index contributed by atoms with van der Waals surface area (Å²) < 4.78 is 29.1. The van der Waals surface area contributed by atoms with Crippen molar-refractivity contribution >= 4 is 21.8 Å². The molecule has 1 heterocycles. The predicted octanol–water partition coefficient (Wildman–Crippen LogP) is 2.59. The first-order valence-electron chi connectivity index (χ1n) is 7.45. The molecule has 1 aliphatic heterocycles. The topological polar surface area (TPSA) is 40.6 Å². The van der Waals surface area contributed by atoms with Crippen molar-refractivity contribution in [1.82, 2.24) is 8.61 Å². The fourth-order valence-corrected chi connectivity index (χ4v) is 5.27. The predicted molar refractivity (Wildman–Crippen MR) is 78.6 cm³/mol. The molecule has 2 rings (SSSR count). The zero-order valence-electron chi connectivity index (χ0n) is 11.7. The summed E-state index contributed by atoms with van der Waals surface area (Å²) in [6.45, 7) is 3.39. The molecule has 0 aromatic rings. The van der Waals surface area contributed by atoms with Gasteiger partial charge in [0.25, 0.3) is 10.2 Å². The summed E-state index contributed by atoms with van der Waals surface area (Å²) >= 11 is 5.96. The minimum atomic E-state index is -3.31. The Morgan fingerprint density at radius 2 is 2.00 bits per heavy atom. The third-order valence-electron chi connectivity index (χ3n) is 4.03. The summed E-state index contributed by atoms with van der Waals surface area (Å²) in [4.78, 5) is 0. The molecule has 2 fully saturated rings. The van der Waals surface area contributed by atoms with E-state index in [1.54, 1.807) is 8.61 Å². The SMILES string of the molecule is CCCCN(C1CC1)S(=O)(=O)N1CCCCC1CCl. The maximum atomic E-state index is 12.8. The van der Waals surface area contributed by atoms with Gasteiger partial charge in [0.15, 0.2) is 0 Å². The zero-order chi connectivity index (χ0) is 13.9. The van der Waals surface area contributed by atoms with Crippen molar-refractivity contribution in [3.63, 3.8) is 0 Å². The molecular weight excluding hydrogens is 284 g/mol. The van der Waals surface area contributed by atoms with Gasteiger partial charge in [-0.1, -0.05) is 19.8 Å². The number of hydrogen-bond donors (Lipinski definition) is 0. The van der Waals surface area contributed by atoms with Crippen LogP contribution in [0, 0.1) is 0 Å². The summed E-state index contributed by atoms with van der Waals surface area (Å²) in [5.41, 5.74) is 0. The highest BCUT2D eigenvalue weighted by Gasteiger charge is 2.42. The van der Waals surface area contributed by atoms with Crippen molar-refractivity contribution in [2.24, 2.45) is 0 Å². The molecule has 0 aromatic carbocycles. The Kier molecular flexibility index (Phi) is 5.52. The Bertz CT molecular complexity index is 384. The molecule has 0 amide bonds. The zero-order valence-corrected chi connectivity index (χ0v) is 13.3. The molecule has 6 heteroatoms. The lowest BCUT2D eigenvalue weighted by Crippen LogP contribution is -2.52. The molecule has 1 saturated carbocycles. The van der Waals surface area contributed by atoms with Crippen LogP contribution in [0.1, 0.15) is 51.9 Å². The van der Waals surface area contributed by atoms with Gasteiger partial charge in [0.05, 0.1) is 0 Å². The van der Waals surface area contributed by atoms with Crippen LogP contribution in [0.3, 0.4) is 0 Å². The molecule has 2 aliphatic rings. The van der Waals surface area contributed by atoms with Crippen LogP contribution in [0.15, 0.2) is 0 Å². The highest BCUT2D eigenvalue weighted by molar-refractivity contribution is 7.86. The maximum Gasteiger partial charge on any atom is 0.282 e. The summed E-state index contributed by atoms with van der Waals surface area (Å²) in [5.74, 6) is 0.408. The van der Waals surface area contributed by atoms with Crippen LogP contribution < -0.4 is 0 Å². The number of piperidine rings is 1. The van der Waals surface area contributed by atoms with Crippen molar-refractivity contribution in [2.45, 2.75) is 64.0 Å². The summed E-state index contributed by atoms with van der Waals surface area (Å²) in [7, 11) is -3.31. The number of nitrogens with zero attached hydrogens (tertiary/aromatic N) is 2. The van der Waals surface area contributed by atoms with Crippen LogP contribution in [-0.4, -0.2) is 48.1 Å². The molecule has 1 saturated heterocycles. The van der Waals surface area contributed by atoms with E-state index in [1.165, 1.54) is 0 Å². The highest BCUT2D eigenvalue weighted by Crippen LogP contribution is 2.33. The molecule has 0 N–H and O–H groups in total. The second kappa shape index (κ2) is 6.74. The van der Waals surface area contributed by atoms with Crippen LogP contribution in [0.25, 0.3) is 0 Å². The van der Waals surface area contributed by atoms with Gasteiger partial charge in [-0.25, -0.2) is 0 Å². The Morgan fingerprint density at radius 1 is 1.26 bits per heavy atom. The lowest BCUT2D eigenvalue weighted by molar-refractivity contribution is 0.243. The first kappa shape index (κ1) is 15.5. The fraction of sp³-hybridized carbons (Fsp3) is 1.00. The van der Waals surface area contributed by atoms with E-state index in [0.29, 0.717) is 19.0 Å². The molecule has 0 radical (unpaired) electrons. The van der Waals surface area contributed by atoms with E-state index in [-0.39, 0.29) is 12.1 Å². The summed E-state index contributed by atoms with van der Waals surface area (Å²) in [6.07, 6.45) is 6.94. The number of hydrogen-bond acceptors (Lipinski definition) is 2. The lowest BCUT2D eigenvalue weighted by atomic mass is 10.1. The third kappa shape index (κ3) is 3.63. The van der Waals surface area contributed by atoms with Crippen LogP contribution in [-0.2, 0) is 10.2 Å². The normalized spacial score (nSPS) is 25.9. The van der Waals surface area contributed by atoms with Gasteiger partial charge in [0.2, 0.25) is 0 Å². The van der Waals surface area contributed by atoms with E-state index in [9.17, 15) is 8.42 Å². The van der Waals surface area contributed by atoms with E-state index in [2.05, 4.69) is 6.92 Å². The third-order valence-corrected chi connectivity index (χ3v) is 6.53. The number of alkyl halides is 1. The second-order valence-electron chi connectivity index (χ2n) is 5.62. The van der Waals surface area contributed by atoms with Gasteiger partial charge < -0.3 is 0 Å². The Labute approximate surface area is 122 Å². The van der Waals surface area contributed by atoms with Crippen LogP contribution >= 0.6 is 11.6 Å². The van der Waals surface area contributed by atoms with Crippen LogP contribution in [0.2, 0.25) is 0 Å². The quantitative estimate of drug-likeness (QED) is 0.678. The molecule has 112 valence electrons. The van der Waals surface area contributed by atoms with Crippen molar-refractivity contribution in [3.8, 4) is 0 Å². The van der Waals surface area contributed by atoms with Gasteiger partial charge >= 0.3 is 0 Å².